The maximum atomic E-state index is 14.5. The maximum absolute atomic E-state index is 14.5. The number of halogens is 1. The number of carbonyl (C=O) groups excluding carboxylic acids is 2. The first-order valence-corrected chi connectivity index (χ1v) is 13.8. The number of aliphatic hydroxyl groups is 1. The molecule has 5 fully saturated rings. The van der Waals surface area contributed by atoms with Crippen LogP contribution in [0.4, 0.5) is 15.9 Å². The molecule has 4 aliphatic carbocycles. The van der Waals surface area contributed by atoms with Crippen LogP contribution in [0.5, 0.6) is 0 Å². The molecule has 5 aliphatic rings. The number of amides is 2. The van der Waals surface area contributed by atoms with Gasteiger partial charge in [0, 0.05) is 44.5 Å². The molecule has 4 bridgehead atoms. The van der Waals surface area contributed by atoms with Crippen LogP contribution in [0.1, 0.15) is 59.9 Å². The van der Waals surface area contributed by atoms with Gasteiger partial charge in [-0.05, 0) is 87.1 Å². The van der Waals surface area contributed by atoms with Crippen LogP contribution in [0, 0.1) is 23.6 Å². The van der Waals surface area contributed by atoms with E-state index in [4.69, 9.17) is 4.98 Å². The first kappa shape index (κ1) is 25.1. The number of benzene rings is 1. The Morgan fingerprint density at radius 3 is 2.50 bits per heavy atom. The minimum absolute atomic E-state index is 0.0340. The van der Waals surface area contributed by atoms with Crippen molar-refractivity contribution in [1.82, 2.24) is 15.6 Å². The van der Waals surface area contributed by atoms with Crippen molar-refractivity contribution in [3.63, 3.8) is 0 Å². The summed E-state index contributed by atoms with van der Waals surface area (Å²) in [6.45, 7) is 4.09. The molecule has 3 atom stereocenters. The Bertz CT molecular complexity index is 1240. The third-order valence-corrected chi connectivity index (χ3v) is 9.22. The van der Waals surface area contributed by atoms with Gasteiger partial charge in [0.2, 0.25) is 0 Å². The highest BCUT2D eigenvalue weighted by Crippen LogP contribution is 2.55. The number of nitrogens with one attached hydrogen (secondary N) is 2. The highest BCUT2D eigenvalue weighted by atomic mass is 19.1. The largest absolute Gasteiger partial charge is 0.390 e. The van der Waals surface area contributed by atoms with Crippen LogP contribution in [0.3, 0.4) is 0 Å². The molecule has 1 aliphatic heterocycles. The third kappa shape index (κ3) is 4.51. The van der Waals surface area contributed by atoms with Gasteiger partial charge in [-0.2, -0.15) is 0 Å². The molecule has 9 heteroatoms. The highest BCUT2D eigenvalue weighted by Gasteiger charge is 2.55. The molecule has 2 heterocycles. The second kappa shape index (κ2) is 9.52. The van der Waals surface area contributed by atoms with E-state index in [1.54, 1.807) is 12.1 Å². The summed E-state index contributed by atoms with van der Waals surface area (Å²) in [5, 5.41) is 16.6. The van der Waals surface area contributed by atoms with Gasteiger partial charge in [0.15, 0.2) is 0 Å². The quantitative estimate of drug-likeness (QED) is 0.560. The summed E-state index contributed by atoms with van der Waals surface area (Å²) >= 11 is 0. The van der Waals surface area contributed by atoms with Crippen molar-refractivity contribution < 1.29 is 19.1 Å². The number of pyridine rings is 1. The monoisotopic (exact) mass is 521 g/mol. The molecule has 1 aromatic carbocycles. The van der Waals surface area contributed by atoms with E-state index < -0.39 is 17.3 Å². The lowest BCUT2D eigenvalue weighted by Crippen LogP contribution is -2.61. The van der Waals surface area contributed by atoms with Crippen molar-refractivity contribution in [3.05, 3.63) is 53.5 Å². The molecule has 2 amide bonds. The van der Waals surface area contributed by atoms with Crippen molar-refractivity contribution in [2.45, 2.75) is 56.7 Å². The number of hydrogen-bond acceptors (Lipinski definition) is 6. The molecule has 0 radical (unpaired) electrons. The average Bonchev–Trinajstić information content (AvgIpc) is 2.89. The zero-order chi connectivity index (χ0) is 26.6. The Labute approximate surface area is 222 Å². The smallest absolute Gasteiger partial charge is 0.270 e. The Kier molecular flexibility index (Phi) is 6.29. The van der Waals surface area contributed by atoms with Crippen LogP contribution in [0.15, 0.2) is 36.4 Å². The Morgan fingerprint density at radius 1 is 1.08 bits per heavy atom. The number of piperazine rings is 1. The Balaban J connectivity index is 1.11. The van der Waals surface area contributed by atoms with Crippen molar-refractivity contribution in [1.29, 1.82) is 0 Å². The van der Waals surface area contributed by atoms with E-state index in [9.17, 15) is 19.1 Å². The summed E-state index contributed by atoms with van der Waals surface area (Å²) in [5.74, 6) is 0.925. The van der Waals surface area contributed by atoms with Gasteiger partial charge < -0.3 is 25.5 Å². The fraction of sp³-hybridized carbons (Fsp3) is 0.552. The Hall–Kier alpha value is -3.20. The molecule has 202 valence electrons. The van der Waals surface area contributed by atoms with E-state index in [1.165, 1.54) is 19.2 Å². The first-order chi connectivity index (χ1) is 18.2. The van der Waals surface area contributed by atoms with Gasteiger partial charge in [-0.15, -0.1) is 0 Å². The van der Waals surface area contributed by atoms with E-state index in [0.717, 1.165) is 43.6 Å². The van der Waals surface area contributed by atoms with Crippen LogP contribution < -0.4 is 20.4 Å². The van der Waals surface area contributed by atoms with Crippen LogP contribution >= 0.6 is 0 Å². The highest BCUT2D eigenvalue weighted by molar-refractivity contribution is 5.94. The van der Waals surface area contributed by atoms with Gasteiger partial charge in [-0.1, -0.05) is 6.07 Å². The van der Waals surface area contributed by atoms with Crippen LogP contribution in [-0.2, 0) is 0 Å². The fourth-order valence-corrected chi connectivity index (χ4v) is 7.70. The lowest BCUT2D eigenvalue weighted by atomic mass is 9.52. The van der Waals surface area contributed by atoms with Gasteiger partial charge in [0.1, 0.15) is 17.3 Å². The minimum atomic E-state index is -0.536. The number of carbonyl (C=O) groups is 2. The Morgan fingerprint density at radius 2 is 1.84 bits per heavy atom. The minimum Gasteiger partial charge on any atom is -0.390 e. The molecule has 3 unspecified atom stereocenters. The predicted molar refractivity (Wildman–Crippen MR) is 143 cm³/mol. The molecule has 7 rings (SSSR count). The predicted octanol–water partition coefficient (Wildman–Crippen LogP) is 2.96. The van der Waals surface area contributed by atoms with Crippen LogP contribution in [0.2, 0.25) is 0 Å². The average molecular weight is 522 g/mol. The molecule has 38 heavy (non-hydrogen) atoms. The molecule has 2 aromatic rings. The van der Waals surface area contributed by atoms with Gasteiger partial charge in [-0.3, -0.25) is 9.59 Å². The number of hydrogen-bond donors (Lipinski definition) is 3. The van der Waals surface area contributed by atoms with Crippen molar-refractivity contribution in [2.24, 2.45) is 17.8 Å². The van der Waals surface area contributed by atoms with Gasteiger partial charge in [0.25, 0.3) is 11.8 Å². The summed E-state index contributed by atoms with van der Waals surface area (Å²) in [7, 11) is 1.48. The lowest BCUT2D eigenvalue weighted by Gasteiger charge is -2.58. The lowest BCUT2D eigenvalue weighted by molar-refractivity contribution is -0.136. The molecule has 3 N–H and O–H groups in total. The van der Waals surface area contributed by atoms with E-state index in [-0.39, 0.29) is 23.6 Å². The van der Waals surface area contributed by atoms with Gasteiger partial charge in [0.05, 0.1) is 11.2 Å². The molecule has 1 aromatic heterocycles. The molecular formula is C29H36FN5O3. The summed E-state index contributed by atoms with van der Waals surface area (Å²) in [5.41, 5.74) is 0.665. The SMILES string of the molecule is CNC(=O)c1ccc(N2CCN(c3cccc(C(=O)NC4C5CC6CC4CC(O)(C6)C5)n3)C(C)C2)cc1F. The third-order valence-electron chi connectivity index (χ3n) is 9.22. The van der Waals surface area contributed by atoms with Crippen molar-refractivity contribution >= 4 is 23.3 Å². The second-order valence-electron chi connectivity index (χ2n) is 11.8. The fourth-order valence-electron chi connectivity index (χ4n) is 7.70. The summed E-state index contributed by atoms with van der Waals surface area (Å²) in [6, 6.07) is 10.5. The summed E-state index contributed by atoms with van der Waals surface area (Å²) in [4.78, 5) is 34.1. The van der Waals surface area contributed by atoms with Gasteiger partial charge in [-0.25, -0.2) is 9.37 Å². The van der Waals surface area contributed by atoms with Gasteiger partial charge >= 0.3 is 0 Å². The number of nitrogens with zero attached hydrogens (tertiary/aromatic N) is 3. The van der Waals surface area contributed by atoms with Crippen LogP contribution in [0.25, 0.3) is 0 Å². The zero-order valence-corrected chi connectivity index (χ0v) is 22.0. The standard InChI is InChI=1S/C29H36FN5O3/c1-17-16-34(21-6-7-22(23(30)12-21)27(36)31-2)8-9-35(17)25-5-3-4-24(32-25)28(37)33-26-19-10-18-11-20(26)15-29(38,13-18)14-19/h3-7,12,17-20,26,38H,8-11,13-16H2,1-2H3,(H,31,36)(H,33,37). The van der Waals surface area contributed by atoms with E-state index >= 15 is 0 Å². The van der Waals surface area contributed by atoms with E-state index in [0.29, 0.717) is 43.1 Å². The maximum Gasteiger partial charge on any atom is 0.270 e. The zero-order valence-electron chi connectivity index (χ0n) is 22.0. The molecule has 8 nitrogen and oxygen atoms in total. The van der Waals surface area contributed by atoms with Crippen molar-refractivity contribution in [3.8, 4) is 0 Å². The summed E-state index contributed by atoms with van der Waals surface area (Å²) < 4.78 is 14.5. The molecule has 0 spiro atoms. The topological polar surface area (TPSA) is 97.8 Å². The normalized spacial score (nSPS) is 31.8. The van der Waals surface area contributed by atoms with Crippen LogP contribution in [-0.4, -0.2) is 66.3 Å². The molecule has 4 saturated carbocycles. The number of aromatic nitrogens is 1. The van der Waals surface area contributed by atoms with E-state index in [1.807, 2.05) is 12.1 Å². The summed E-state index contributed by atoms with van der Waals surface area (Å²) in [6.07, 6.45) is 4.69. The van der Waals surface area contributed by atoms with Crippen molar-refractivity contribution in [2.75, 3.05) is 36.5 Å². The van der Waals surface area contributed by atoms with E-state index in [2.05, 4.69) is 27.4 Å². The second-order valence-corrected chi connectivity index (χ2v) is 11.8. The number of anilines is 2. The first-order valence-electron chi connectivity index (χ1n) is 13.8. The molecule has 1 saturated heterocycles. The molecular weight excluding hydrogens is 485 g/mol. The number of rotatable bonds is 5.